The molecule has 0 saturated carbocycles. The average molecular weight is 390 g/mol. The Morgan fingerprint density at radius 3 is 2.76 bits per heavy atom. The van der Waals surface area contributed by atoms with Gasteiger partial charge in [-0.3, -0.25) is 9.69 Å². The number of furan rings is 1. The number of benzene rings is 2. The van der Waals surface area contributed by atoms with Crippen molar-refractivity contribution in [3.8, 4) is 11.5 Å². The van der Waals surface area contributed by atoms with Crippen molar-refractivity contribution in [1.29, 1.82) is 0 Å². The van der Waals surface area contributed by atoms with Gasteiger partial charge in [-0.1, -0.05) is 24.3 Å². The molecule has 1 atom stereocenters. The fourth-order valence-corrected chi connectivity index (χ4v) is 4.00. The molecule has 1 N–H and O–H groups in total. The summed E-state index contributed by atoms with van der Waals surface area (Å²) in [6.45, 7) is 2.41. The van der Waals surface area contributed by atoms with E-state index in [-0.39, 0.29) is 18.7 Å². The summed E-state index contributed by atoms with van der Waals surface area (Å²) in [6, 6.07) is 17.6. The van der Waals surface area contributed by atoms with Gasteiger partial charge in [0, 0.05) is 25.2 Å². The summed E-state index contributed by atoms with van der Waals surface area (Å²) < 4.78 is 16.4. The Morgan fingerprint density at radius 2 is 1.90 bits per heavy atom. The fraction of sp³-hybridized carbons (Fsp3) is 0.261. The third-order valence-corrected chi connectivity index (χ3v) is 5.56. The molecule has 6 heteroatoms. The molecule has 0 bridgehead atoms. The van der Waals surface area contributed by atoms with Gasteiger partial charge >= 0.3 is 0 Å². The number of rotatable bonds is 5. The van der Waals surface area contributed by atoms with Crippen molar-refractivity contribution in [2.45, 2.75) is 19.0 Å². The molecule has 2 aliphatic heterocycles. The highest BCUT2D eigenvalue weighted by molar-refractivity contribution is 5.94. The molecule has 29 heavy (non-hydrogen) atoms. The second-order valence-corrected chi connectivity index (χ2v) is 7.30. The monoisotopic (exact) mass is 390 g/mol. The minimum absolute atomic E-state index is 0.0312. The summed E-state index contributed by atoms with van der Waals surface area (Å²) >= 11 is 0. The van der Waals surface area contributed by atoms with E-state index < -0.39 is 0 Å². The predicted octanol–water partition coefficient (Wildman–Crippen LogP) is 3.54. The lowest BCUT2D eigenvalue weighted by Gasteiger charge is -2.34. The maximum atomic E-state index is 12.7. The van der Waals surface area contributed by atoms with Crippen LogP contribution in [-0.4, -0.2) is 30.7 Å². The fourth-order valence-electron chi connectivity index (χ4n) is 4.00. The van der Waals surface area contributed by atoms with Gasteiger partial charge in [-0.15, -0.1) is 0 Å². The van der Waals surface area contributed by atoms with Gasteiger partial charge < -0.3 is 19.2 Å². The van der Waals surface area contributed by atoms with Gasteiger partial charge in [0.15, 0.2) is 11.5 Å². The molecule has 6 nitrogen and oxygen atoms in total. The van der Waals surface area contributed by atoms with Gasteiger partial charge in [0.05, 0.1) is 12.3 Å². The molecule has 148 valence electrons. The highest BCUT2D eigenvalue weighted by Crippen LogP contribution is 2.32. The molecule has 3 aromatic rings. The first-order chi connectivity index (χ1) is 14.3. The van der Waals surface area contributed by atoms with Crippen molar-refractivity contribution in [2.24, 2.45) is 0 Å². The Labute approximate surface area is 169 Å². The second kappa shape index (κ2) is 7.64. The SMILES string of the molecule is O=C(NC[C@@H](c1ccco1)N1CCc2ccccc2C1)c1ccc2c(c1)OCO2. The number of ether oxygens (including phenoxy) is 2. The Morgan fingerprint density at radius 1 is 1.03 bits per heavy atom. The lowest BCUT2D eigenvalue weighted by Crippen LogP contribution is -2.40. The molecule has 2 aliphatic rings. The molecule has 1 amide bonds. The maximum Gasteiger partial charge on any atom is 0.251 e. The molecule has 0 unspecified atom stereocenters. The zero-order valence-corrected chi connectivity index (χ0v) is 16.0. The van der Waals surface area contributed by atoms with Crippen LogP contribution in [0.25, 0.3) is 0 Å². The molecular formula is C23H22N2O4. The quantitative estimate of drug-likeness (QED) is 0.722. The van der Waals surface area contributed by atoms with Crippen molar-refractivity contribution in [3.63, 3.8) is 0 Å². The van der Waals surface area contributed by atoms with E-state index in [0.29, 0.717) is 23.6 Å². The summed E-state index contributed by atoms with van der Waals surface area (Å²) in [5.74, 6) is 1.99. The molecule has 5 rings (SSSR count). The number of amides is 1. The van der Waals surface area contributed by atoms with Crippen molar-refractivity contribution in [3.05, 3.63) is 83.3 Å². The van der Waals surface area contributed by atoms with Crippen LogP contribution in [0.4, 0.5) is 0 Å². The van der Waals surface area contributed by atoms with Gasteiger partial charge in [-0.2, -0.15) is 0 Å². The Balaban J connectivity index is 1.32. The smallest absolute Gasteiger partial charge is 0.251 e. The first kappa shape index (κ1) is 17.8. The van der Waals surface area contributed by atoms with Gasteiger partial charge in [0.2, 0.25) is 6.79 Å². The number of carbonyl (C=O) groups excluding carboxylic acids is 1. The van der Waals surface area contributed by atoms with Crippen LogP contribution in [-0.2, 0) is 13.0 Å². The van der Waals surface area contributed by atoms with E-state index >= 15 is 0 Å². The highest BCUT2D eigenvalue weighted by atomic mass is 16.7. The minimum Gasteiger partial charge on any atom is -0.468 e. The predicted molar refractivity (Wildman–Crippen MR) is 107 cm³/mol. The normalized spacial score (nSPS) is 16.3. The van der Waals surface area contributed by atoms with Crippen LogP contribution in [0.1, 0.15) is 33.3 Å². The minimum atomic E-state index is -0.141. The van der Waals surface area contributed by atoms with Gasteiger partial charge in [-0.05, 0) is 47.9 Å². The van der Waals surface area contributed by atoms with E-state index in [0.717, 1.165) is 25.3 Å². The maximum absolute atomic E-state index is 12.7. The Bertz CT molecular complexity index is 1020. The standard InChI is InChI=1S/C23H22N2O4/c26-23(17-7-8-21-22(12-17)29-15-28-21)24-13-19(20-6-3-11-27-20)25-10-9-16-4-1-2-5-18(16)14-25/h1-8,11-12,19H,9-10,13-15H2,(H,24,26)/t19-/m0/s1. The van der Waals surface area contributed by atoms with Gasteiger partial charge in [0.1, 0.15) is 5.76 Å². The third-order valence-electron chi connectivity index (χ3n) is 5.56. The number of nitrogens with zero attached hydrogens (tertiary/aromatic N) is 1. The van der Waals surface area contributed by atoms with Crippen molar-refractivity contribution in [2.75, 3.05) is 19.9 Å². The number of nitrogens with one attached hydrogen (secondary N) is 1. The summed E-state index contributed by atoms with van der Waals surface area (Å²) in [6.07, 6.45) is 2.67. The summed E-state index contributed by atoms with van der Waals surface area (Å²) in [5.41, 5.74) is 3.28. The van der Waals surface area contributed by atoms with Crippen LogP contribution in [0.3, 0.4) is 0 Å². The van der Waals surface area contributed by atoms with E-state index in [1.807, 2.05) is 12.1 Å². The number of hydrogen-bond acceptors (Lipinski definition) is 5. The van der Waals surface area contributed by atoms with Gasteiger partial charge in [0.25, 0.3) is 5.91 Å². The Kier molecular flexibility index (Phi) is 4.69. The zero-order chi connectivity index (χ0) is 19.6. The first-order valence-corrected chi connectivity index (χ1v) is 9.80. The molecule has 1 aromatic heterocycles. The van der Waals surface area contributed by atoms with E-state index in [2.05, 4.69) is 34.5 Å². The van der Waals surface area contributed by atoms with Crippen molar-refractivity contribution in [1.82, 2.24) is 10.2 Å². The van der Waals surface area contributed by atoms with Crippen LogP contribution < -0.4 is 14.8 Å². The summed E-state index contributed by atoms with van der Waals surface area (Å²) in [5, 5.41) is 3.06. The van der Waals surface area contributed by atoms with Gasteiger partial charge in [-0.25, -0.2) is 0 Å². The zero-order valence-electron chi connectivity index (χ0n) is 16.0. The van der Waals surface area contributed by atoms with Crippen LogP contribution in [0.5, 0.6) is 11.5 Å². The molecular weight excluding hydrogens is 368 g/mol. The average Bonchev–Trinajstić information content (AvgIpc) is 3.45. The van der Waals surface area contributed by atoms with E-state index in [9.17, 15) is 4.79 Å². The van der Waals surface area contributed by atoms with E-state index in [4.69, 9.17) is 13.9 Å². The van der Waals surface area contributed by atoms with Crippen molar-refractivity contribution < 1.29 is 18.7 Å². The molecule has 0 spiro atoms. The van der Waals surface area contributed by atoms with Crippen LogP contribution in [0.2, 0.25) is 0 Å². The summed E-state index contributed by atoms with van der Waals surface area (Å²) in [4.78, 5) is 15.1. The number of hydrogen-bond donors (Lipinski definition) is 1. The highest BCUT2D eigenvalue weighted by Gasteiger charge is 2.27. The third kappa shape index (κ3) is 3.59. The van der Waals surface area contributed by atoms with Crippen LogP contribution >= 0.6 is 0 Å². The topological polar surface area (TPSA) is 63.9 Å². The van der Waals surface area contributed by atoms with E-state index in [1.54, 1.807) is 24.5 Å². The lowest BCUT2D eigenvalue weighted by molar-refractivity contribution is 0.0918. The molecule has 3 heterocycles. The molecule has 2 aromatic carbocycles. The number of carbonyl (C=O) groups is 1. The molecule has 0 aliphatic carbocycles. The van der Waals surface area contributed by atoms with Crippen LogP contribution in [0, 0.1) is 0 Å². The Hall–Kier alpha value is -3.25. The van der Waals surface area contributed by atoms with E-state index in [1.165, 1.54) is 11.1 Å². The molecule has 0 fully saturated rings. The van der Waals surface area contributed by atoms with Crippen LogP contribution in [0.15, 0.2) is 65.3 Å². The molecule has 0 radical (unpaired) electrons. The first-order valence-electron chi connectivity index (χ1n) is 9.80. The second-order valence-electron chi connectivity index (χ2n) is 7.30. The van der Waals surface area contributed by atoms with Crippen molar-refractivity contribution >= 4 is 5.91 Å². The summed E-state index contributed by atoms with van der Waals surface area (Å²) in [7, 11) is 0. The lowest BCUT2D eigenvalue weighted by atomic mass is 9.98. The number of fused-ring (bicyclic) bond motifs is 2. The largest absolute Gasteiger partial charge is 0.468 e. The molecule has 0 saturated heterocycles.